The van der Waals surface area contributed by atoms with Gasteiger partial charge in [0.05, 0.1) is 15.9 Å². The Morgan fingerprint density at radius 3 is 2.64 bits per heavy atom. The summed E-state index contributed by atoms with van der Waals surface area (Å²) in [5, 5.41) is 14.4. The second-order valence-electron chi connectivity index (χ2n) is 8.54. The Morgan fingerprint density at radius 1 is 1.29 bits per heavy atom. The van der Waals surface area contributed by atoms with E-state index in [9.17, 15) is 9.90 Å². The number of nitrogens with zero attached hydrogens (tertiary/aromatic N) is 2. The van der Waals surface area contributed by atoms with Crippen molar-refractivity contribution in [3.8, 4) is 5.75 Å². The van der Waals surface area contributed by atoms with E-state index in [4.69, 9.17) is 9.72 Å². The van der Waals surface area contributed by atoms with E-state index in [2.05, 4.69) is 5.32 Å². The fourth-order valence-electron chi connectivity index (χ4n) is 3.38. The third kappa shape index (κ3) is 4.41. The summed E-state index contributed by atoms with van der Waals surface area (Å²) in [6.07, 6.45) is 3.78. The molecule has 150 valence electrons. The number of phenols is 1. The Balaban J connectivity index is 1.42. The number of aromatic nitrogens is 1. The lowest BCUT2D eigenvalue weighted by Gasteiger charge is -2.34. The molecule has 2 heterocycles. The molecular weight excluding hydrogens is 374 g/mol. The molecule has 2 N–H and O–H groups in total. The Kier molecular flexibility index (Phi) is 4.95. The topological polar surface area (TPSA) is 74.7 Å². The van der Waals surface area contributed by atoms with Crippen LogP contribution in [0.1, 0.15) is 51.5 Å². The van der Waals surface area contributed by atoms with Gasteiger partial charge in [0.1, 0.15) is 16.4 Å². The molecular formula is C21H27N3O3S. The minimum atomic E-state index is -0.461. The van der Waals surface area contributed by atoms with Crippen LogP contribution in [0.3, 0.4) is 0 Å². The average molecular weight is 402 g/mol. The lowest BCUT2D eigenvalue weighted by Crippen LogP contribution is -2.46. The predicted molar refractivity (Wildman–Crippen MR) is 111 cm³/mol. The number of likely N-dealkylation sites (tertiary alicyclic amines) is 1. The Morgan fingerprint density at radius 2 is 2.00 bits per heavy atom. The van der Waals surface area contributed by atoms with Gasteiger partial charge < -0.3 is 20.1 Å². The van der Waals surface area contributed by atoms with Gasteiger partial charge in [0.2, 0.25) is 0 Å². The number of fused-ring (bicyclic) bond motifs is 1. The first-order valence-corrected chi connectivity index (χ1v) is 10.7. The minimum Gasteiger partial charge on any atom is -0.508 e. The normalized spacial score (nSPS) is 17.7. The molecule has 0 spiro atoms. The number of ether oxygens (including phenoxy) is 1. The lowest BCUT2D eigenvalue weighted by atomic mass is 10.0. The van der Waals surface area contributed by atoms with E-state index in [1.807, 2.05) is 26.8 Å². The van der Waals surface area contributed by atoms with Crippen LogP contribution in [0.2, 0.25) is 0 Å². The molecule has 0 atom stereocenters. The van der Waals surface area contributed by atoms with Crippen molar-refractivity contribution in [3.05, 3.63) is 28.8 Å². The second-order valence-corrected chi connectivity index (χ2v) is 9.57. The van der Waals surface area contributed by atoms with Gasteiger partial charge >= 0.3 is 6.09 Å². The zero-order valence-corrected chi connectivity index (χ0v) is 17.4. The number of thiazole rings is 1. The number of allylic oxidation sites excluding steroid dienone is 1. The molecule has 28 heavy (non-hydrogen) atoms. The van der Waals surface area contributed by atoms with Gasteiger partial charge in [-0.05, 0) is 70.2 Å². The smallest absolute Gasteiger partial charge is 0.410 e. The highest BCUT2D eigenvalue weighted by molar-refractivity contribution is 7.19. The van der Waals surface area contributed by atoms with Gasteiger partial charge in [-0.3, -0.25) is 0 Å². The van der Waals surface area contributed by atoms with Gasteiger partial charge in [-0.1, -0.05) is 0 Å². The van der Waals surface area contributed by atoms with Gasteiger partial charge in [-0.15, -0.1) is 11.3 Å². The first-order valence-electron chi connectivity index (χ1n) is 9.85. The van der Waals surface area contributed by atoms with Crippen LogP contribution in [0.25, 0.3) is 15.9 Å². The number of rotatable bonds is 3. The van der Waals surface area contributed by atoms with Crippen molar-refractivity contribution in [1.82, 2.24) is 15.2 Å². The molecule has 4 rings (SSSR count). The molecule has 0 unspecified atom stereocenters. The van der Waals surface area contributed by atoms with Crippen molar-refractivity contribution in [3.63, 3.8) is 0 Å². The molecule has 2 fully saturated rings. The molecule has 1 saturated carbocycles. The van der Waals surface area contributed by atoms with Gasteiger partial charge in [0.15, 0.2) is 0 Å². The van der Waals surface area contributed by atoms with E-state index < -0.39 is 5.60 Å². The number of phenolic OH excluding ortho intramolecular Hbond substituents is 1. The quantitative estimate of drug-likeness (QED) is 0.792. The zero-order chi connectivity index (χ0) is 19.9. The monoisotopic (exact) mass is 401 g/mol. The number of hydrogen-bond acceptors (Lipinski definition) is 6. The van der Waals surface area contributed by atoms with Crippen LogP contribution in [0.4, 0.5) is 4.79 Å². The SMILES string of the molecule is CC(C)(C)OC(=O)N1CCC(NC(=C2CC2)c2nc3ccc(O)cc3s2)CC1. The van der Waals surface area contributed by atoms with Crippen LogP contribution < -0.4 is 5.32 Å². The Labute approximate surface area is 169 Å². The van der Waals surface area contributed by atoms with Crippen molar-refractivity contribution in [2.75, 3.05) is 13.1 Å². The molecule has 1 aliphatic heterocycles. The number of carbonyl (C=O) groups is 1. The van der Waals surface area contributed by atoms with E-state index in [1.165, 1.54) is 5.57 Å². The molecule has 1 saturated heterocycles. The van der Waals surface area contributed by atoms with E-state index >= 15 is 0 Å². The summed E-state index contributed by atoms with van der Waals surface area (Å²) >= 11 is 1.61. The van der Waals surface area contributed by atoms with Gasteiger partial charge in [-0.2, -0.15) is 0 Å². The third-order valence-corrected chi connectivity index (χ3v) is 5.97. The third-order valence-electron chi connectivity index (χ3n) is 4.93. The molecule has 6 nitrogen and oxygen atoms in total. The number of carbonyl (C=O) groups excluding carboxylic acids is 1. The first kappa shape index (κ1) is 19.1. The summed E-state index contributed by atoms with van der Waals surface area (Å²) in [5.41, 5.74) is 3.02. The summed E-state index contributed by atoms with van der Waals surface area (Å²) in [7, 11) is 0. The summed E-state index contributed by atoms with van der Waals surface area (Å²) in [6.45, 7) is 7.08. The summed E-state index contributed by atoms with van der Waals surface area (Å²) in [5.74, 6) is 0.269. The molecule has 7 heteroatoms. The Bertz CT molecular complexity index is 915. The summed E-state index contributed by atoms with van der Waals surface area (Å²) < 4.78 is 6.48. The van der Waals surface area contributed by atoms with Gasteiger partial charge in [0, 0.05) is 19.1 Å². The fraction of sp³-hybridized carbons (Fsp3) is 0.524. The second kappa shape index (κ2) is 7.28. The fourth-order valence-corrected chi connectivity index (χ4v) is 4.44. The molecule has 2 aromatic rings. The molecule has 1 aromatic heterocycles. The van der Waals surface area contributed by atoms with E-state index in [0.717, 1.165) is 46.6 Å². The molecule has 0 bridgehead atoms. The number of hydrogen-bond donors (Lipinski definition) is 2. The maximum atomic E-state index is 12.3. The van der Waals surface area contributed by atoms with E-state index in [-0.39, 0.29) is 11.8 Å². The standard InChI is InChI=1S/C21H27N3O3S/c1-21(2,3)27-20(26)24-10-8-14(9-11-24)22-18(13-4-5-13)19-23-16-7-6-15(25)12-17(16)28-19/h6-7,12,14,22,25H,4-5,8-11H2,1-3H3. The van der Waals surface area contributed by atoms with E-state index in [1.54, 1.807) is 28.4 Å². The van der Waals surface area contributed by atoms with Crippen molar-refractivity contribution in [2.24, 2.45) is 0 Å². The van der Waals surface area contributed by atoms with Crippen LogP contribution in [0.15, 0.2) is 23.8 Å². The maximum Gasteiger partial charge on any atom is 0.410 e. The zero-order valence-electron chi connectivity index (χ0n) is 16.6. The van der Waals surface area contributed by atoms with Crippen LogP contribution in [0, 0.1) is 0 Å². The number of nitrogens with one attached hydrogen (secondary N) is 1. The highest BCUT2D eigenvalue weighted by atomic mass is 32.1. The average Bonchev–Trinajstić information content (AvgIpc) is 3.37. The maximum absolute atomic E-state index is 12.3. The first-order chi connectivity index (χ1) is 13.3. The molecule has 1 aliphatic carbocycles. The number of piperidine rings is 1. The molecule has 2 aliphatic rings. The Hall–Kier alpha value is -2.28. The minimum absolute atomic E-state index is 0.224. The lowest BCUT2D eigenvalue weighted by molar-refractivity contribution is 0.0202. The molecule has 1 aromatic carbocycles. The highest BCUT2D eigenvalue weighted by Gasteiger charge is 2.29. The van der Waals surface area contributed by atoms with Crippen LogP contribution in [0.5, 0.6) is 5.75 Å². The van der Waals surface area contributed by atoms with Crippen molar-refractivity contribution >= 4 is 33.3 Å². The molecule has 1 amide bonds. The highest BCUT2D eigenvalue weighted by Crippen LogP contribution is 2.38. The van der Waals surface area contributed by atoms with Crippen molar-refractivity contribution < 1.29 is 14.6 Å². The molecule has 0 radical (unpaired) electrons. The number of amides is 1. The number of aromatic hydroxyl groups is 1. The largest absolute Gasteiger partial charge is 0.508 e. The van der Waals surface area contributed by atoms with Crippen molar-refractivity contribution in [1.29, 1.82) is 0 Å². The predicted octanol–water partition coefficient (Wildman–Crippen LogP) is 4.50. The van der Waals surface area contributed by atoms with Crippen LogP contribution >= 0.6 is 11.3 Å². The van der Waals surface area contributed by atoms with Gasteiger partial charge in [-0.25, -0.2) is 9.78 Å². The number of benzene rings is 1. The summed E-state index contributed by atoms with van der Waals surface area (Å²) in [4.78, 5) is 18.8. The van der Waals surface area contributed by atoms with Gasteiger partial charge in [0.25, 0.3) is 0 Å². The van der Waals surface area contributed by atoms with Crippen LogP contribution in [-0.2, 0) is 4.74 Å². The summed E-state index contributed by atoms with van der Waals surface area (Å²) in [6, 6.07) is 5.63. The van der Waals surface area contributed by atoms with Crippen LogP contribution in [-0.4, -0.2) is 45.8 Å². The van der Waals surface area contributed by atoms with E-state index in [0.29, 0.717) is 19.1 Å². The van der Waals surface area contributed by atoms with Crippen molar-refractivity contribution in [2.45, 2.75) is 58.1 Å².